The molecule has 1 fully saturated rings. The lowest BCUT2D eigenvalue weighted by Gasteiger charge is -2.23. The molecular weight excluding hydrogens is 236 g/mol. The summed E-state index contributed by atoms with van der Waals surface area (Å²) in [6.45, 7) is 5.88. The van der Waals surface area contributed by atoms with Gasteiger partial charge in [-0.2, -0.15) is 0 Å². The van der Waals surface area contributed by atoms with Crippen molar-refractivity contribution in [3.05, 3.63) is 0 Å². The van der Waals surface area contributed by atoms with Crippen LogP contribution in [0.1, 0.15) is 0 Å². The van der Waals surface area contributed by atoms with Gasteiger partial charge in [0, 0.05) is 13.1 Å². The molecule has 4 nitrogen and oxygen atoms in total. The number of piperazine rings is 1. The van der Waals surface area contributed by atoms with Crippen molar-refractivity contribution in [2.24, 2.45) is 0 Å². The zero-order valence-electron chi connectivity index (χ0n) is 7.64. The summed E-state index contributed by atoms with van der Waals surface area (Å²) in [6.07, 6.45) is 0. The molecule has 13 heavy (non-hydrogen) atoms. The summed E-state index contributed by atoms with van der Waals surface area (Å²) < 4.78 is 4.97. The summed E-state index contributed by atoms with van der Waals surface area (Å²) >= 11 is 3.05. The first kappa shape index (κ1) is 10.9. The number of halogens is 1. The number of carbonyl (C=O) groups is 1. The van der Waals surface area contributed by atoms with E-state index in [1.807, 2.05) is 0 Å². The molecule has 0 saturated carbocycles. The molecule has 76 valence electrons. The zero-order chi connectivity index (χ0) is 9.52. The molecule has 0 aromatic carbocycles. The third kappa shape index (κ3) is 4.59. The minimum absolute atomic E-state index is 0.172. The second-order valence-corrected chi connectivity index (χ2v) is 3.66. The second kappa shape index (κ2) is 6.34. The molecule has 1 aliphatic heterocycles. The number of hydrogen-bond donors (Lipinski definition) is 2. The van der Waals surface area contributed by atoms with Crippen LogP contribution in [-0.2, 0) is 9.53 Å². The Morgan fingerprint density at radius 3 is 2.77 bits per heavy atom. The normalized spacial score (nSPS) is 18.5. The molecule has 1 rings (SSSR count). The molecule has 0 unspecified atom stereocenters. The SMILES string of the molecule is O=C(CBr)OCC[NH+]1CCNCC1. The van der Waals surface area contributed by atoms with Gasteiger partial charge in [0.15, 0.2) is 0 Å². The van der Waals surface area contributed by atoms with E-state index in [4.69, 9.17) is 4.74 Å². The van der Waals surface area contributed by atoms with E-state index in [0.29, 0.717) is 11.9 Å². The summed E-state index contributed by atoms with van der Waals surface area (Å²) in [4.78, 5) is 12.3. The first-order chi connectivity index (χ1) is 6.33. The predicted molar refractivity (Wildman–Crippen MR) is 53.2 cm³/mol. The second-order valence-electron chi connectivity index (χ2n) is 3.10. The Labute approximate surface area is 86.7 Å². The highest BCUT2D eigenvalue weighted by Crippen LogP contribution is 1.83. The zero-order valence-corrected chi connectivity index (χ0v) is 9.23. The van der Waals surface area contributed by atoms with E-state index in [9.17, 15) is 4.79 Å². The molecule has 2 N–H and O–H groups in total. The van der Waals surface area contributed by atoms with E-state index in [1.54, 1.807) is 0 Å². The number of carbonyl (C=O) groups excluding carboxylic acids is 1. The third-order valence-electron chi connectivity index (χ3n) is 2.14. The Morgan fingerprint density at radius 2 is 2.15 bits per heavy atom. The molecule has 0 atom stereocenters. The molecule has 0 aliphatic carbocycles. The standard InChI is InChI=1S/C8H15BrN2O2/c9-7-8(12)13-6-5-11-3-1-10-2-4-11/h10H,1-7H2/p+1. The number of quaternary nitrogens is 1. The van der Waals surface area contributed by atoms with Crippen LogP contribution in [0.4, 0.5) is 0 Å². The van der Waals surface area contributed by atoms with Crippen molar-refractivity contribution >= 4 is 21.9 Å². The number of nitrogens with one attached hydrogen (secondary N) is 2. The molecule has 0 amide bonds. The topological polar surface area (TPSA) is 42.8 Å². The minimum Gasteiger partial charge on any atom is -0.459 e. The minimum atomic E-state index is -0.172. The molecule has 5 heteroatoms. The van der Waals surface area contributed by atoms with Crippen molar-refractivity contribution in [2.45, 2.75) is 0 Å². The van der Waals surface area contributed by atoms with Gasteiger partial charge in [0.05, 0.1) is 13.1 Å². The number of esters is 1. The van der Waals surface area contributed by atoms with Crippen molar-refractivity contribution in [1.29, 1.82) is 0 Å². The summed E-state index contributed by atoms with van der Waals surface area (Å²) in [5.41, 5.74) is 0. The van der Waals surface area contributed by atoms with E-state index in [-0.39, 0.29) is 5.97 Å². The molecule has 1 heterocycles. The fourth-order valence-electron chi connectivity index (χ4n) is 1.38. The highest BCUT2D eigenvalue weighted by Gasteiger charge is 2.12. The molecular formula is C8H16BrN2O2+. The lowest BCUT2D eigenvalue weighted by atomic mass is 10.4. The van der Waals surface area contributed by atoms with Gasteiger partial charge in [-0.3, -0.25) is 4.79 Å². The summed E-state index contributed by atoms with van der Waals surface area (Å²) in [5.74, 6) is -0.172. The number of rotatable bonds is 4. The Hall–Kier alpha value is -0.130. The Balaban J connectivity index is 2.01. The van der Waals surface area contributed by atoms with Gasteiger partial charge in [-0.05, 0) is 0 Å². The van der Waals surface area contributed by atoms with Crippen LogP contribution in [0.25, 0.3) is 0 Å². The highest BCUT2D eigenvalue weighted by molar-refractivity contribution is 9.09. The largest absolute Gasteiger partial charge is 0.459 e. The summed E-state index contributed by atoms with van der Waals surface area (Å²) in [5, 5.41) is 3.58. The Kier molecular flexibility index (Phi) is 5.34. The number of hydrogen-bond acceptors (Lipinski definition) is 3. The first-order valence-corrected chi connectivity index (χ1v) is 5.71. The highest BCUT2D eigenvalue weighted by atomic mass is 79.9. The van der Waals surface area contributed by atoms with Gasteiger partial charge < -0.3 is 15.0 Å². The van der Waals surface area contributed by atoms with Gasteiger partial charge in [0.2, 0.25) is 0 Å². The van der Waals surface area contributed by atoms with Crippen LogP contribution in [0.5, 0.6) is 0 Å². The van der Waals surface area contributed by atoms with Crippen LogP contribution < -0.4 is 10.2 Å². The molecule has 0 spiro atoms. The van der Waals surface area contributed by atoms with Gasteiger partial charge in [0.25, 0.3) is 0 Å². The van der Waals surface area contributed by atoms with Crippen LogP contribution in [0.2, 0.25) is 0 Å². The summed E-state index contributed by atoms with van der Waals surface area (Å²) in [7, 11) is 0. The molecule has 0 aromatic heterocycles. The average Bonchev–Trinajstić information content (AvgIpc) is 2.19. The summed E-state index contributed by atoms with van der Waals surface area (Å²) in [6, 6.07) is 0. The van der Waals surface area contributed by atoms with E-state index >= 15 is 0 Å². The maximum Gasteiger partial charge on any atom is 0.316 e. The van der Waals surface area contributed by atoms with Gasteiger partial charge in [-0.25, -0.2) is 0 Å². The van der Waals surface area contributed by atoms with Crippen LogP contribution in [0.15, 0.2) is 0 Å². The average molecular weight is 252 g/mol. The van der Waals surface area contributed by atoms with E-state index in [0.717, 1.165) is 32.7 Å². The fraction of sp³-hybridized carbons (Fsp3) is 0.875. The van der Waals surface area contributed by atoms with Gasteiger partial charge in [0.1, 0.15) is 18.5 Å². The maximum absolute atomic E-state index is 10.8. The lowest BCUT2D eigenvalue weighted by molar-refractivity contribution is -0.901. The fourth-order valence-corrected chi connectivity index (χ4v) is 1.54. The molecule has 1 aliphatic rings. The van der Waals surface area contributed by atoms with Crippen LogP contribution in [0.3, 0.4) is 0 Å². The molecule has 0 aromatic rings. The van der Waals surface area contributed by atoms with Crippen LogP contribution >= 0.6 is 15.9 Å². The molecule has 0 bridgehead atoms. The lowest BCUT2D eigenvalue weighted by Crippen LogP contribution is -3.15. The van der Waals surface area contributed by atoms with Crippen molar-refractivity contribution < 1.29 is 14.4 Å². The van der Waals surface area contributed by atoms with Gasteiger partial charge in [-0.1, -0.05) is 15.9 Å². The Morgan fingerprint density at radius 1 is 1.46 bits per heavy atom. The quantitative estimate of drug-likeness (QED) is 0.468. The van der Waals surface area contributed by atoms with Gasteiger partial charge >= 0.3 is 5.97 Å². The smallest absolute Gasteiger partial charge is 0.316 e. The monoisotopic (exact) mass is 251 g/mol. The Bertz CT molecular complexity index is 160. The van der Waals surface area contributed by atoms with Crippen molar-refractivity contribution in [3.8, 4) is 0 Å². The van der Waals surface area contributed by atoms with E-state index in [1.165, 1.54) is 4.90 Å². The van der Waals surface area contributed by atoms with E-state index < -0.39 is 0 Å². The molecule has 0 radical (unpaired) electrons. The third-order valence-corrected chi connectivity index (χ3v) is 2.60. The van der Waals surface area contributed by atoms with Gasteiger partial charge in [-0.15, -0.1) is 0 Å². The predicted octanol–water partition coefficient (Wildman–Crippen LogP) is -1.59. The number of ether oxygens (including phenoxy) is 1. The van der Waals surface area contributed by atoms with Crippen molar-refractivity contribution in [3.63, 3.8) is 0 Å². The molecule has 1 saturated heterocycles. The van der Waals surface area contributed by atoms with Crippen molar-refractivity contribution in [2.75, 3.05) is 44.7 Å². The van der Waals surface area contributed by atoms with E-state index in [2.05, 4.69) is 21.2 Å². The maximum atomic E-state index is 10.8. The van der Waals surface area contributed by atoms with Crippen molar-refractivity contribution in [1.82, 2.24) is 5.32 Å². The van der Waals surface area contributed by atoms with Crippen LogP contribution in [-0.4, -0.2) is 50.6 Å². The number of alkyl halides is 1. The first-order valence-electron chi connectivity index (χ1n) is 4.59. The van der Waals surface area contributed by atoms with Crippen LogP contribution in [0, 0.1) is 0 Å².